The molecule has 0 radical (unpaired) electrons. The van der Waals surface area contributed by atoms with Crippen LogP contribution in [-0.4, -0.2) is 59.9 Å². The summed E-state index contributed by atoms with van der Waals surface area (Å²) in [5, 5.41) is 0. The number of fused-ring (bicyclic) bond motifs is 5. The Morgan fingerprint density at radius 1 is 1.17 bits per heavy atom. The first-order chi connectivity index (χ1) is 11.6. The minimum atomic E-state index is -0.641. The van der Waals surface area contributed by atoms with Crippen molar-refractivity contribution in [2.75, 3.05) is 26.3 Å². The predicted molar refractivity (Wildman–Crippen MR) is 85.7 cm³/mol. The molecule has 6 nitrogen and oxygen atoms in total. The van der Waals surface area contributed by atoms with Crippen LogP contribution in [0.4, 0.5) is 0 Å². The third-order valence-corrected chi connectivity index (χ3v) is 5.99. The number of ether oxygens (including phenoxy) is 1. The lowest BCUT2D eigenvalue weighted by atomic mass is 9.85. The second-order valence-electron chi connectivity index (χ2n) is 7.29. The fraction of sp³-hybridized carbons (Fsp3) is 0.722. The van der Waals surface area contributed by atoms with Gasteiger partial charge in [-0.2, -0.15) is 0 Å². The Labute approximate surface area is 141 Å². The highest BCUT2D eigenvalue weighted by atomic mass is 16.5. The van der Waals surface area contributed by atoms with Crippen molar-refractivity contribution in [1.29, 1.82) is 0 Å². The smallest absolute Gasteiger partial charge is 0.246 e. The van der Waals surface area contributed by atoms with Crippen molar-refractivity contribution in [1.82, 2.24) is 9.80 Å². The fourth-order valence-electron chi connectivity index (χ4n) is 4.86. The Balaban J connectivity index is 1.58. The van der Waals surface area contributed by atoms with Gasteiger partial charge in [-0.15, -0.1) is 0 Å². The second-order valence-corrected chi connectivity index (χ2v) is 7.29. The van der Waals surface area contributed by atoms with Gasteiger partial charge in [0.05, 0.1) is 25.0 Å². The lowest BCUT2D eigenvalue weighted by Crippen LogP contribution is -2.54. The standard InChI is InChI=1S/C18H24N2O4/c1-2-3-13(16(21)19-6-8-24-9-7-19)20-17(22)14-11-4-5-12(10-11)15(14)18(20)23/h4-5,11-15H,2-3,6-10H2,1H3/t11-,12-,13+,14-,15-/m0/s1. The summed E-state index contributed by atoms with van der Waals surface area (Å²) in [4.78, 5) is 42.0. The molecule has 4 aliphatic rings. The van der Waals surface area contributed by atoms with Crippen LogP contribution < -0.4 is 0 Å². The van der Waals surface area contributed by atoms with E-state index >= 15 is 0 Å². The van der Waals surface area contributed by atoms with Crippen LogP contribution in [0.3, 0.4) is 0 Å². The Kier molecular flexibility index (Phi) is 3.95. The van der Waals surface area contributed by atoms with Crippen LogP contribution in [0.1, 0.15) is 26.2 Å². The number of imide groups is 1. The van der Waals surface area contributed by atoms with Crippen molar-refractivity contribution in [2.24, 2.45) is 23.7 Å². The van der Waals surface area contributed by atoms with E-state index in [0.717, 1.165) is 12.8 Å². The van der Waals surface area contributed by atoms with Gasteiger partial charge in [0, 0.05) is 13.1 Å². The summed E-state index contributed by atoms with van der Waals surface area (Å²) < 4.78 is 5.30. The van der Waals surface area contributed by atoms with E-state index in [1.165, 1.54) is 4.90 Å². The Hall–Kier alpha value is -1.69. The average molecular weight is 332 g/mol. The maximum atomic E-state index is 13.0. The van der Waals surface area contributed by atoms with E-state index in [9.17, 15) is 14.4 Å². The molecule has 2 bridgehead atoms. The topological polar surface area (TPSA) is 66.9 Å². The van der Waals surface area contributed by atoms with E-state index in [1.54, 1.807) is 4.90 Å². The number of rotatable bonds is 4. The minimum absolute atomic E-state index is 0.0953. The molecule has 1 saturated carbocycles. The van der Waals surface area contributed by atoms with Crippen molar-refractivity contribution in [3.05, 3.63) is 12.2 Å². The summed E-state index contributed by atoms with van der Waals surface area (Å²) in [5.41, 5.74) is 0. The first-order valence-electron chi connectivity index (χ1n) is 9.05. The fourth-order valence-corrected chi connectivity index (χ4v) is 4.86. The molecular formula is C18H24N2O4. The summed E-state index contributed by atoms with van der Waals surface area (Å²) in [7, 11) is 0. The summed E-state index contributed by atoms with van der Waals surface area (Å²) >= 11 is 0. The number of hydrogen-bond donors (Lipinski definition) is 0. The zero-order valence-corrected chi connectivity index (χ0v) is 14.0. The lowest BCUT2D eigenvalue weighted by molar-refractivity contribution is -0.154. The Bertz CT molecular complexity index is 566. The molecule has 2 saturated heterocycles. The normalized spacial score (nSPS) is 35.7. The van der Waals surface area contributed by atoms with Crippen LogP contribution in [0.2, 0.25) is 0 Å². The van der Waals surface area contributed by atoms with Crippen molar-refractivity contribution < 1.29 is 19.1 Å². The number of carbonyl (C=O) groups excluding carboxylic acids is 3. The molecule has 0 spiro atoms. The van der Waals surface area contributed by atoms with Gasteiger partial charge in [0.1, 0.15) is 6.04 Å². The summed E-state index contributed by atoms with van der Waals surface area (Å²) in [6.45, 7) is 4.10. The van der Waals surface area contributed by atoms with E-state index in [2.05, 4.69) is 12.2 Å². The highest BCUT2D eigenvalue weighted by Gasteiger charge is 2.61. The van der Waals surface area contributed by atoms with Crippen LogP contribution in [-0.2, 0) is 19.1 Å². The molecule has 2 aliphatic carbocycles. The van der Waals surface area contributed by atoms with Gasteiger partial charge < -0.3 is 9.64 Å². The number of amides is 3. The van der Waals surface area contributed by atoms with Gasteiger partial charge in [0.2, 0.25) is 17.7 Å². The summed E-state index contributed by atoms with van der Waals surface area (Å²) in [6.07, 6.45) is 6.38. The molecule has 4 rings (SSSR count). The van der Waals surface area contributed by atoms with E-state index in [1.807, 2.05) is 6.92 Å². The Morgan fingerprint density at radius 3 is 2.29 bits per heavy atom. The maximum absolute atomic E-state index is 13.0. The molecule has 2 aliphatic heterocycles. The zero-order valence-electron chi connectivity index (χ0n) is 14.0. The number of hydrogen-bond acceptors (Lipinski definition) is 4. The molecule has 24 heavy (non-hydrogen) atoms. The highest BCUT2D eigenvalue weighted by molar-refractivity contribution is 6.09. The molecule has 2 heterocycles. The van der Waals surface area contributed by atoms with Crippen LogP contribution in [0, 0.1) is 23.7 Å². The van der Waals surface area contributed by atoms with Crippen LogP contribution in [0.25, 0.3) is 0 Å². The van der Waals surface area contributed by atoms with Crippen molar-refractivity contribution in [2.45, 2.75) is 32.2 Å². The van der Waals surface area contributed by atoms with E-state index < -0.39 is 6.04 Å². The van der Waals surface area contributed by atoms with Gasteiger partial charge in [-0.1, -0.05) is 25.5 Å². The summed E-state index contributed by atoms with van der Waals surface area (Å²) in [5.74, 6) is -0.441. The van der Waals surface area contributed by atoms with Gasteiger partial charge in [-0.25, -0.2) is 0 Å². The quantitative estimate of drug-likeness (QED) is 0.565. The predicted octanol–water partition coefficient (Wildman–Crippen LogP) is 0.821. The van der Waals surface area contributed by atoms with Crippen LogP contribution >= 0.6 is 0 Å². The molecule has 5 atom stereocenters. The molecular weight excluding hydrogens is 308 g/mol. The number of nitrogens with zero attached hydrogens (tertiary/aromatic N) is 2. The van der Waals surface area contributed by atoms with Gasteiger partial charge >= 0.3 is 0 Å². The summed E-state index contributed by atoms with van der Waals surface area (Å²) in [6, 6.07) is -0.641. The van der Waals surface area contributed by atoms with Gasteiger partial charge in [-0.3, -0.25) is 19.3 Å². The molecule has 0 aromatic heterocycles. The van der Waals surface area contributed by atoms with E-state index in [4.69, 9.17) is 4.74 Å². The molecule has 3 amide bonds. The number of carbonyl (C=O) groups is 3. The molecule has 0 aromatic rings. The number of likely N-dealkylation sites (tertiary alicyclic amines) is 1. The zero-order chi connectivity index (χ0) is 16.8. The number of allylic oxidation sites excluding steroid dienone is 2. The molecule has 6 heteroatoms. The van der Waals surface area contributed by atoms with Crippen molar-refractivity contribution in [3.63, 3.8) is 0 Å². The van der Waals surface area contributed by atoms with Gasteiger partial charge in [0.25, 0.3) is 0 Å². The van der Waals surface area contributed by atoms with Crippen LogP contribution in [0.15, 0.2) is 12.2 Å². The lowest BCUT2D eigenvalue weighted by Gasteiger charge is -2.34. The third kappa shape index (κ3) is 2.23. The average Bonchev–Trinajstić information content (AvgIpc) is 3.28. The maximum Gasteiger partial charge on any atom is 0.246 e. The molecule has 0 N–H and O–H groups in total. The van der Waals surface area contributed by atoms with Gasteiger partial charge in [-0.05, 0) is 24.7 Å². The van der Waals surface area contributed by atoms with Crippen LogP contribution in [0.5, 0.6) is 0 Å². The third-order valence-electron chi connectivity index (χ3n) is 5.99. The molecule has 130 valence electrons. The van der Waals surface area contributed by atoms with Crippen molar-refractivity contribution >= 4 is 17.7 Å². The van der Waals surface area contributed by atoms with Crippen molar-refractivity contribution in [3.8, 4) is 0 Å². The highest BCUT2D eigenvalue weighted by Crippen LogP contribution is 2.53. The molecule has 0 aromatic carbocycles. The van der Waals surface area contributed by atoms with E-state index in [-0.39, 0.29) is 41.4 Å². The largest absolute Gasteiger partial charge is 0.378 e. The molecule has 3 fully saturated rings. The Morgan fingerprint density at radius 2 is 1.75 bits per heavy atom. The van der Waals surface area contributed by atoms with Gasteiger partial charge in [0.15, 0.2) is 0 Å². The van der Waals surface area contributed by atoms with E-state index in [0.29, 0.717) is 32.7 Å². The SMILES string of the molecule is CCC[C@H](C(=O)N1CCOCC1)N1C(=O)[C@@H]2[C@@H](C1=O)[C@H]1C=C[C@H]2C1. The first kappa shape index (κ1) is 15.8. The first-order valence-corrected chi connectivity index (χ1v) is 9.05. The second kappa shape index (κ2) is 5.99. The molecule has 0 unspecified atom stereocenters. The number of morpholine rings is 1. The minimum Gasteiger partial charge on any atom is -0.378 e. The monoisotopic (exact) mass is 332 g/mol.